The Labute approximate surface area is 84.6 Å². The lowest BCUT2D eigenvalue weighted by atomic mass is 10.4. The zero-order valence-electron chi connectivity index (χ0n) is 7.10. The van der Waals surface area contributed by atoms with Gasteiger partial charge in [-0.2, -0.15) is 0 Å². The van der Waals surface area contributed by atoms with Crippen molar-refractivity contribution in [3.05, 3.63) is 29.0 Å². The van der Waals surface area contributed by atoms with Crippen LogP contribution in [0.1, 0.15) is 17.9 Å². The Bertz CT molecular complexity index is 341. The number of aromatic amines is 1. The van der Waals surface area contributed by atoms with Gasteiger partial charge in [-0.1, -0.05) is 11.8 Å². The topological polar surface area (TPSA) is 41.6 Å². The molecule has 0 saturated heterocycles. The maximum absolute atomic E-state index is 4.25. The fourth-order valence-corrected chi connectivity index (χ4v) is 2.54. The molecule has 68 valence electrons. The van der Waals surface area contributed by atoms with E-state index in [1.54, 1.807) is 29.3 Å². The van der Waals surface area contributed by atoms with E-state index in [2.05, 4.69) is 27.3 Å². The summed E-state index contributed by atoms with van der Waals surface area (Å²) in [7, 11) is 0. The monoisotopic (exact) mass is 211 g/mol. The Morgan fingerprint density at radius 1 is 1.54 bits per heavy atom. The summed E-state index contributed by atoms with van der Waals surface area (Å²) in [5.41, 5.74) is 2.97. The second-order valence-corrected chi connectivity index (χ2v) is 4.62. The SMILES string of the molecule is CC(Sc1ncc[nH]1)c1cscn1. The number of hydrogen-bond acceptors (Lipinski definition) is 4. The number of thiazole rings is 1. The van der Waals surface area contributed by atoms with E-state index in [-0.39, 0.29) is 0 Å². The maximum Gasteiger partial charge on any atom is 0.165 e. The summed E-state index contributed by atoms with van der Waals surface area (Å²) in [4.78, 5) is 11.5. The van der Waals surface area contributed by atoms with Crippen LogP contribution in [-0.4, -0.2) is 15.0 Å². The van der Waals surface area contributed by atoms with Crippen molar-refractivity contribution < 1.29 is 0 Å². The van der Waals surface area contributed by atoms with Crippen molar-refractivity contribution in [1.29, 1.82) is 0 Å². The Balaban J connectivity index is 2.04. The van der Waals surface area contributed by atoms with Crippen LogP contribution in [0.5, 0.6) is 0 Å². The van der Waals surface area contributed by atoms with Gasteiger partial charge in [-0.25, -0.2) is 9.97 Å². The van der Waals surface area contributed by atoms with Gasteiger partial charge in [-0.05, 0) is 6.92 Å². The van der Waals surface area contributed by atoms with Crippen molar-refractivity contribution in [3.8, 4) is 0 Å². The average molecular weight is 211 g/mol. The lowest BCUT2D eigenvalue weighted by Crippen LogP contribution is -1.88. The number of nitrogens with zero attached hydrogens (tertiary/aromatic N) is 2. The number of nitrogens with one attached hydrogen (secondary N) is 1. The quantitative estimate of drug-likeness (QED) is 0.794. The highest BCUT2D eigenvalue weighted by molar-refractivity contribution is 7.99. The third-order valence-electron chi connectivity index (χ3n) is 1.63. The van der Waals surface area contributed by atoms with Gasteiger partial charge in [0.2, 0.25) is 0 Å². The maximum atomic E-state index is 4.25. The predicted octanol–water partition coefficient (Wildman–Crippen LogP) is 2.72. The number of thioether (sulfide) groups is 1. The van der Waals surface area contributed by atoms with Crippen molar-refractivity contribution in [2.75, 3.05) is 0 Å². The zero-order chi connectivity index (χ0) is 9.10. The number of rotatable bonds is 3. The van der Waals surface area contributed by atoms with Gasteiger partial charge in [0.1, 0.15) is 0 Å². The van der Waals surface area contributed by atoms with Gasteiger partial charge in [-0.3, -0.25) is 0 Å². The van der Waals surface area contributed by atoms with Gasteiger partial charge in [0.25, 0.3) is 0 Å². The summed E-state index contributed by atoms with van der Waals surface area (Å²) >= 11 is 3.31. The number of aromatic nitrogens is 3. The highest BCUT2D eigenvalue weighted by atomic mass is 32.2. The molecule has 3 nitrogen and oxygen atoms in total. The van der Waals surface area contributed by atoms with Crippen LogP contribution in [0.2, 0.25) is 0 Å². The molecule has 2 rings (SSSR count). The summed E-state index contributed by atoms with van der Waals surface area (Å²) in [6, 6.07) is 0. The first-order valence-electron chi connectivity index (χ1n) is 3.90. The molecule has 0 aliphatic rings. The van der Waals surface area contributed by atoms with Crippen LogP contribution in [-0.2, 0) is 0 Å². The van der Waals surface area contributed by atoms with Gasteiger partial charge in [-0.15, -0.1) is 11.3 Å². The minimum Gasteiger partial charge on any atom is -0.340 e. The first-order valence-corrected chi connectivity index (χ1v) is 5.72. The number of imidazole rings is 1. The predicted molar refractivity (Wildman–Crippen MR) is 55.0 cm³/mol. The van der Waals surface area contributed by atoms with Gasteiger partial charge in [0.15, 0.2) is 5.16 Å². The highest BCUT2D eigenvalue weighted by Gasteiger charge is 2.09. The fraction of sp³-hybridized carbons (Fsp3) is 0.250. The normalized spacial score (nSPS) is 13.0. The lowest BCUT2D eigenvalue weighted by molar-refractivity contribution is 0.993. The molecule has 1 unspecified atom stereocenters. The van der Waals surface area contributed by atoms with Gasteiger partial charge >= 0.3 is 0 Å². The molecule has 0 spiro atoms. The van der Waals surface area contributed by atoms with Gasteiger partial charge in [0, 0.05) is 17.8 Å². The number of H-pyrrole nitrogens is 1. The summed E-state index contributed by atoms with van der Waals surface area (Å²) in [6.45, 7) is 2.13. The van der Waals surface area contributed by atoms with E-state index in [9.17, 15) is 0 Å². The van der Waals surface area contributed by atoms with E-state index in [1.165, 1.54) is 0 Å². The molecule has 13 heavy (non-hydrogen) atoms. The van der Waals surface area contributed by atoms with Crippen LogP contribution < -0.4 is 0 Å². The fourth-order valence-electron chi connectivity index (χ4n) is 0.966. The van der Waals surface area contributed by atoms with Crippen molar-refractivity contribution in [2.45, 2.75) is 17.3 Å². The molecule has 0 bridgehead atoms. The summed E-state index contributed by atoms with van der Waals surface area (Å²) in [5, 5.41) is 3.37. The second-order valence-electron chi connectivity index (χ2n) is 2.57. The molecule has 0 aromatic carbocycles. The molecule has 2 heterocycles. The molecule has 1 N–H and O–H groups in total. The van der Waals surface area contributed by atoms with E-state index in [0.717, 1.165) is 10.9 Å². The number of hydrogen-bond donors (Lipinski definition) is 1. The summed E-state index contributed by atoms with van der Waals surface area (Å²) < 4.78 is 0. The molecular weight excluding hydrogens is 202 g/mol. The van der Waals surface area contributed by atoms with E-state index in [4.69, 9.17) is 0 Å². The van der Waals surface area contributed by atoms with E-state index < -0.39 is 0 Å². The Morgan fingerprint density at radius 2 is 2.46 bits per heavy atom. The second kappa shape index (κ2) is 3.93. The van der Waals surface area contributed by atoms with Crippen LogP contribution in [0.15, 0.2) is 28.4 Å². The molecular formula is C8H9N3S2. The van der Waals surface area contributed by atoms with Crippen LogP contribution in [0.25, 0.3) is 0 Å². The minimum absolute atomic E-state index is 0.359. The van der Waals surface area contributed by atoms with E-state index in [1.807, 2.05) is 11.7 Å². The Hall–Kier alpha value is -0.810. The highest BCUT2D eigenvalue weighted by Crippen LogP contribution is 2.31. The van der Waals surface area contributed by atoms with Crippen molar-refractivity contribution in [3.63, 3.8) is 0 Å². The van der Waals surface area contributed by atoms with Crippen LogP contribution in [0.3, 0.4) is 0 Å². The third-order valence-corrected chi connectivity index (χ3v) is 3.28. The first kappa shape index (κ1) is 8.77. The van der Waals surface area contributed by atoms with Crippen LogP contribution in [0, 0.1) is 0 Å². The molecule has 0 saturated carbocycles. The molecule has 0 aliphatic heterocycles. The minimum atomic E-state index is 0.359. The van der Waals surface area contributed by atoms with Crippen LogP contribution in [0.4, 0.5) is 0 Å². The standard InChI is InChI=1S/C8H9N3S2/c1-6(7-4-12-5-11-7)13-8-9-2-3-10-8/h2-6H,1H3,(H,9,10). The molecule has 5 heteroatoms. The summed E-state index contributed by atoms with van der Waals surface area (Å²) in [5.74, 6) is 0. The average Bonchev–Trinajstić information content (AvgIpc) is 2.74. The van der Waals surface area contributed by atoms with Gasteiger partial charge < -0.3 is 4.98 Å². The lowest BCUT2D eigenvalue weighted by Gasteiger charge is -2.04. The molecule has 0 amide bonds. The Kier molecular flexibility index (Phi) is 2.65. The largest absolute Gasteiger partial charge is 0.340 e. The molecule has 0 radical (unpaired) electrons. The summed E-state index contributed by atoms with van der Waals surface area (Å²) in [6.07, 6.45) is 3.59. The molecule has 2 aromatic heterocycles. The first-order chi connectivity index (χ1) is 6.36. The van der Waals surface area contributed by atoms with Crippen molar-refractivity contribution >= 4 is 23.1 Å². The zero-order valence-corrected chi connectivity index (χ0v) is 8.73. The smallest absolute Gasteiger partial charge is 0.165 e. The molecule has 2 aromatic rings. The van der Waals surface area contributed by atoms with E-state index in [0.29, 0.717) is 5.25 Å². The molecule has 0 aliphatic carbocycles. The van der Waals surface area contributed by atoms with Crippen LogP contribution >= 0.6 is 23.1 Å². The Morgan fingerprint density at radius 3 is 3.08 bits per heavy atom. The van der Waals surface area contributed by atoms with Gasteiger partial charge in [0.05, 0.1) is 16.5 Å². The molecule has 0 fully saturated rings. The van der Waals surface area contributed by atoms with Crippen molar-refractivity contribution in [2.24, 2.45) is 0 Å². The third kappa shape index (κ3) is 2.10. The molecule has 1 atom stereocenters. The van der Waals surface area contributed by atoms with E-state index >= 15 is 0 Å². The van der Waals surface area contributed by atoms with Crippen molar-refractivity contribution in [1.82, 2.24) is 15.0 Å².